The Balaban J connectivity index is 1.45. The number of ether oxygens (including phenoxy) is 1. The molecule has 0 spiro atoms. The number of carbonyl (C=O) groups is 1. The van der Waals surface area contributed by atoms with Gasteiger partial charge in [0.15, 0.2) is 5.58 Å². The number of aromatic amines is 1. The van der Waals surface area contributed by atoms with Crippen molar-refractivity contribution in [2.24, 2.45) is 0 Å². The van der Waals surface area contributed by atoms with Crippen LogP contribution in [-0.2, 0) is 4.74 Å². The molecule has 1 amide bonds. The van der Waals surface area contributed by atoms with E-state index in [0.29, 0.717) is 29.3 Å². The molecule has 0 aliphatic carbocycles. The van der Waals surface area contributed by atoms with Gasteiger partial charge in [-0.25, -0.2) is 4.79 Å². The van der Waals surface area contributed by atoms with E-state index in [2.05, 4.69) is 4.98 Å². The lowest BCUT2D eigenvalue weighted by Gasteiger charge is -2.18. The molecule has 1 N–H and O–H groups in total. The average molecular weight is 380 g/mol. The van der Waals surface area contributed by atoms with Gasteiger partial charge < -0.3 is 14.1 Å². The van der Waals surface area contributed by atoms with Crippen LogP contribution in [0.15, 0.2) is 51.7 Å². The van der Waals surface area contributed by atoms with Crippen molar-refractivity contribution in [1.82, 2.24) is 9.88 Å². The first-order valence-electron chi connectivity index (χ1n) is 9.70. The highest BCUT2D eigenvalue weighted by atomic mass is 16.5. The quantitative estimate of drug-likeness (QED) is 0.705. The van der Waals surface area contributed by atoms with Crippen molar-refractivity contribution in [3.05, 3.63) is 58.6 Å². The van der Waals surface area contributed by atoms with Crippen LogP contribution < -0.4 is 5.76 Å². The highest BCUT2D eigenvalue weighted by Crippen LogP contribution is 2.24. The number of aromatic nitrogens is 1. The van der Waals surface area contributed by atoms with E-state index < -0.39 is 5.76 Å². The third kappa shape index (κ3) is 4.02. The molecule has 1 fully saturated rings. The predicted molar refractivity (Wildman–Crippen MR) is 107 cm³/mol. The molecule has 1 aromatic heterocycles. The van der Waals surface area contributed by atoms with Crippen LogP contribution in [0.2, 0.25) is 0 Å². The van der Waals surface area contributed by atoms with Crippen molar-refractivity contribution in [3.63, 3.8) is 0 Å². The van der Waals surface area contributed by atoms with Crippen molar-refractivity contribution in [2.75, 3.05) is 20.2 Å². The van der Waals surface area contributed by atoms with Gasteiger partial charge in [0.2, 0.25) is 0 Å². The van der Waals surface area contributed by atoms with Crippen molar-refractivity contribution < 1.29 is 13.9 Å². The monoisotopic (exact) mass is 380 g/mol. The molecule has 6 heteroatoms. The smallest absolute Gasteiger partial charge is 0.408 e. The average Bonchev–Trinajstić information content (AvgIpc) is 3.35. The lowest BCUT2D eigenvalue weighted by molar-refractivity contribution is 0.0763. The molecule has 1 aliphatic heterocycles. The number of nitrogens with zero attached hydrogens (tertiary/aromatic N) is 1. The van der Waals surface area contributed by atoms with Crippen molar-refractivity contribution >= 4 is 17.0 Å². The van der Waals surface area contributed by atoms with Crippen LogP contribution >= 0.6 is 0 Å². The molecule has 0 saturated carbocycles. The lowest BCUT2D eigenvalue weighted by atomic mass is 10.0. The number of H-pyrrole nitrogens is 1. The van der Waals surface area contributed by atoms with Crippen LogP contribution in [0.4, 0.5) is 0 Å². The van der Waals surface area contributed by atoms with Crippen molar-refractivity contribution in [2.45, 2.75) is 31.8 Å². The molecule has 3 aromatic rings. The number of amides is 1. The summed E-state index contributed by atoms with van der Waals surface area (Å²) in [5, 5.41) is 0. The number of nitrogens with one attached hydrogen (secondary N) is 1. The lowest BCUT2D eigenvalue weighted by Crippen LogP contribution is -2.28. The molecule has 1 aliphatic rings. The number of fused-ring (bicyclic) bond motifs is 1. The maximum Gasteiger partial charge on any atom is 0.417 e. The summed E-state index contributed by atoms with van der Waals surface area (Å²) in [4.78, 5) is 28.6. The first-order valence-corrected chi connectivity index (χ1v) is 9.70. The van der Waals surface area contributed by atoms with Gasteiger partial charge in [-0.15, -0.1) is 0 Å². The molecule has 1 saturated heterocycles. The highest BCUT2D eigenvalue weighted by Gasteiger charge is 2.17. The summed E-state index contributed by atoms with van der Waals surface area (Å²) in [6, 6.07) is 13.1. The van der Waals surface area contributed by atoms with E-state index in [-0.39, 0.29) is 5.91 Å². The third-order valence-corrected chi connectivity index (χ3v) is 5.25. The minimum atomic E-state index is -0.472. The third-order valence-electron chi connectivity index (χ3n) is 5.25. The maximum absolute atomic E-state index is 12.8. The molecule has 4 rings (SSSR count). The zero-order valence-corrected chi connectivity index (χ0v) is 15.9. The molecule has 0 radical (unpaired) electrons. The zero-order chi connectivity index (χ0) is 19.5. The van der Waals surface area contributed by atoms with E-state index >= 15 is 0 Å². The SMILES string of the molecule is CN(CCC[C@H]1CCCO1)C(=O)c1cccc(-c2ccc3oc(=O)[nH]c3c2)c1. The Bertz CT molecular complexity index is 1030. The summed E-state index contributed by atoms with van der Waals surface area (Å²) in [6.07, 6.45) is 4.57. The van der Waals surface area contributed by atoms with Crippen molar-refractivity contribution in [3.8, 4) is 11.1 Å². The van der Waals surface area contributed by atoms with Gasteiger partial charge in [0, 0.05) is 25.8 Å². The van der Waals surface area contributed by atoms with E-state index in [9.17, 15) is 9.59 Å². The van der Waals surface area contributed by atoms with E-state index in [1.54, 1.807) is 11.0 Å². The number of oxazole rings is 1. The zero-order valence-electron chi connectivity index (χ0n) is 15.9. The summed E-state index contributed by atoms with van der Waals surface area (Å²) in [5.74, 6) is -0.465. The Morgan fingerprint density at radius 1 is 1.21 bits per heavy atom. The van der Waals surface area contributed by atoms with Crippen LogP contribution in [0.1, 0.15) is 36.0 Å². The Morgan fingerprint density at radius 3 is 2.89 bits per heavy atom. The number of hydrogen-bond acceptors (Lipinski definition) is 4. The summed E-state index contributed by atoms with van der Waals surface area (Å²) in [5.41, 5.74) is 3.65. The number of rotatable bonds is 6. The second-order valence-corrected chi connectivity index (χ2v) is 7.31. The van der Waals surface area contributed by atoms with Crippen molar-refractivity contribution in [1.29, 1.82) is 0 Å². The van der Waals surface area contributed by atoms with Crippen LogP contribution in [0.5, 0.6) is 0 Å². The molecule has 6 nitrogen and oxygen atoms in total. The fraction of sp³-hybridized carbons (Fsp3) is 0.364. The molecular formula is C22H24N2O4. The predicted octanol–water partition coefficient (Wildman–Crippen LogP) is 3.82. The van der Waals surface area contributed by atoms with Gasteiger partial charge in [-0.3, -0.25) is 9.78 Å². The number of hydrogen-bond donors (Lipinski definition) is 1. The fourth-order valence-electron chi connectivity index (χ4n) is 3.71. The van der Waals surface area contributed by atoms with Gasteiger partial charge >= 0.3 is 5.76 Å². The van der Waals surface area contributed by atoms with E-state index in [1.807, 2.05) is 43.4 Å². The molecule has 1 atom stereocenters. The normalized spacial score (nSPS) is 16.5. The Morgan fingerprint density at radius 2 is 2.07 bits per heavy atom. The molecular weight excluding hydrogens is 356 g/mol. The number of benzene rings is 2. The maximum atomic E-state index is 12.8. The Kier molecular flexibility index (Phi) is 5.30. The minimum absolute atomic E-state index is 0.00647. The summed E-state index contributed by atoms with van der Waals surface area (Å²) in [6.45, 7) is 1.58. The molecule has 146 valence electrons. The van der Waals surface area contributed by atoms with E-state index in [0.717, 1.165) is 43.4 Å². The minimum Gasteiger partial charge on any atom is -0.408 e. The van der Waals surface area contributed by atoms with Crippen LogP contribution in [0.3, 0.4) is 0 Å². The standard InChI is InChI=1S/C22H24N2O4/c1-24(11-3-7-18-8-4-12-27-18)21(25)17-6-2-5-15(13-17)16-9-10-20-19(14-16)23-22(26)28-20/h2,5-6,9-10,13-14,18H,3-4,7-8,11-12H2,1H3,(H,23,26)/t18-/m0/s1. The fourth-order valence-corrected chi connectivity index (χ4v) is 3.71. The summed E-state index contributed by atoms with van der Waals surface area (Å²) >= 11 is 0. The van der Waals surface area contributed by atoms with Gasteiger partial charge in [-0.1, -0.05) is 18.2 Å². The second kappa shape index (κ2) is 8.02. The Hall–Kier alpha value is -2.86. The van der Waals surface area contributed by atoms with Gasteiger partial charge in [0.25, 0.3) is 5.91 Å². The molecule has 28 heavy (non-hydrogen) atoms. The summed E-state index contributed by atoms with van der Waals surface area (Å²) in [7, 11) is 1.84. The Labute approximate surface area is 163 Å². The summed E-state index contributed by atoms with van der Waals surface area (Å²) < 4.78 is 10.7. The molecule has 0 bridgehead atoms. The van der Waals surface area contributed by atoms with E-state index in [1.165, 1.54) is 0 Å². The van der Waals surface area contributed by atoms with Gasteiger partial charge in [0.05, 0.1) is 11.6 Å². The van der Waals surface area contributed by atoms with Gasteiger partial charge in [-0.2, -0.15) is 0 Å². The van der Waals surface area contributed by atoms with Gasteiger partial charge in [-0.05, 0) is 61.1 Å². The first kappa shape index (κ1) is 18.5. The second-order valence-electron chi connectivity index (χ2n) is 7.31. The number of carbonyl (C=O) groups excluding carboxylic acids is 1. The topological polar surface area (TPSA) is 75.5 Å². The molecule has 0 unspecified atom stereocenters. The van der Waals surface area contributed by atoms with Crippen LogP contribution in [0.25, 0.3) is 22.2 Å². The van der Waals surface area contributed by atoms with Gasteiger partial charge in [0.1, 0.15) is 0 Å². The first-order chi connectivity index (χ1) is 13.6. The highest BCUT2D eigenvalue weighted by molar-refractivity contribution is 5.95. The molecule has 2 aromatic carbocycles. The largest absolute Gasteiger partial charge is 0.417 e. The van der Waals surface area contributed by atoms with E-state index in [4.69, 9.17) is 9.15 Å². The van der Waals surface area contributed by atoms with Crippen LogP contribution in [-0.4, -0.2) is 42.1 Å². The molecule has 2 heterocycles. The van der Waals surface area contributed by atoms with Crippen LogP contribution in [0, 0.1) is 0 Å².